The normalized spacial score (nSPS) is 10.8. The number of aryl methyl sites for hydroxylation is 1. The van der Waals surface area contributed by atoms with Crippen LogP contribution in [0.2, 0.25) is 0 Å². The van der Waals surface area contributed by atoms with E-state index in [-0.39, 0.29) is 18.3 Å². The molecule has 2 heterocycles. The summed E-state index contributed by atoms with van der Waals surface area (Å²) >= 11 is 1.53. The number of thioether (sulfide) groups is 1. The molecule has 3 aromatic rings. The van der Waals surface area contributed by atoms with Crippen molar-refractivity contribution in [3.8, 4) is 0 Å². The van der Waals surface area contributed by atoms with E-state index in [0.717, 1.165) is 22.2 Å². The zero-order valence-corrected chi connectivity index (χ0v) is 14.9. The molecule has 1 amide bonds. The van der Waals surface area contributed by atoms with Crippen LogP contribution in [0.4, 0.5) is 4.39 Å². The number of aromatic nitrogens is 2. The third kappa shape index (κ3) is 3.79. The standard InChI is InChI=1S/C19H18FN3OS/c1-3-25-19-17(12(2)15-11-21-8-7-16(15)23-19)18(24)22-10-13-5-4-6-14(20)9-13/h4-9,11H,3,10H2,1-2H3,(H,22,24). The third-order valence-corrected chi connectivity index (χ3v) is 4.72. The second-order valence-corrected chi connectivity index (χ2v) is 6.81. The lowest BCUT2D eigenvalue weighted by Gasteiger charge is -2.14. The molecule has 128 valence electrons. The van der Waals surface area contributed by atoms with E-state index in [1.807, 2.05) is 19.9 Å². The van der Waals surface area contributed by atoms with Gasteiger partial charge in [0.1, 0.15) is 10.8 Å². The molecule has 2 aromatic heterocycles. The number of nitrogens with one attached hydrogen (secondary N) is 1. The van der Waals surface area contributed by atoms with Crippen molar-refractivity contribution in [3.05, 3.63) is 65.2 Å². The Morgan fingerprint density at radius 2 is 2.16 bits per heavy atom. The summed E-state index contributed by atoms with van der Waals surface area (Å²) < 4.78 is 13.3. The van der Waals surface area contributed by atoms with Crippen molar-refractivity contribution in [1.82, 2.24) is 15.3 Å². The van der Waals surface area contributed by atoms with Crippen LogP contribution in [0.15, 0.2) is 47.8 Å². The first-order valence-corrected chi connectivity index (χ1v) is 8.98. The van der Waals surface area contributed by atoms with Crippen LogP contribution in [0, 0.1) is 12.7 Å². The van der Waals surface area contributed by atoms with Gasteiger partial charge < -0.3 is 5.32 Å². The van der Waals surface area contributed by atoms with Gasteiger partial charge in [0.2, 0.25) is 0 Å². The van der Waals surface area contributed by atoms with Gasteiger partial charge in [-0.3, -0.25) is 9.78 Å². The monoisotopic (exact) mass is 355 g/mol. The number of pyridine rings is 2. The summed E-state index contributed by atoms with van der Waals surface area (Å²) in [5.74, 6) is 0.285. The summed E-state index contributed by atoms with van der Waals surface area (Å²) in [5.41, 5.74) is 2.95. The molecule has 4 nitrogen and oxygen atoms in total. The topological polar surface area (TPSA) is 54.9 Å². The number of amides is 1. The number of benzene rings is 1. The highest BCUT2D eigenvalue weighted by atomic mass is 32.2. The first-order valence-electron chi connectivity index (χ1n) is 8.00. The molecule has 3 rings (SSSR count). The molecule has 1 N–H and O–H groups in total. The van der Waals surface area contributed by atoms with Gasteiger partial charge in [0, 0.05) is 24.3 Å². The molecular formula is C19H18FN3OS. The Hall–Kier alpha value is -2.47. The molecule has 1 aromatic carbocycles. The highest BCUT2D eigenvalue weighted by Gasteiger charge is 2.19. The van der Waals surface area contributed by atoms with Crippen LogP contribution in [0.5, 0.6) is 0 Å². The van der Waals surface area contributed by atoms with Crippen molar-refractivity contribution in [1.29, 1.82) is 0 Å². The predicted octanol–water partition coefficient (Wildman–Crippen LogP) is 4.12. The molecule has 0 saturated heterocycles. The number of nitrogens with zero attached hydrogens (tertiary/aromatic N) is 2. The average Bonchev–Trinajstić information content (AvgIpc) is 2.60. The fraction of sp³-hybridized carbons (Fsp3) is 0.211. The van der Waals surface area contributed by atoms with Gasteiger partial charge in [-0.15, -0.1) is 11.8 Å². The molecule has 0 saturated carbocycles. The molecule has 0 aliphatic rings. The first-order chi connectivity index (χ1) is 12.1. The van der Waals surface area contributed by atoms with Crippen molar-refractivity contribution in [3.63, 3.8) is 0 Å². The average molecular weight is 355 g/mol. The Morgan fingerprint density at radius 1 is 1.32 bits per heavy atom. The molecule has 0 aliphatic carbocycles. The SMILES string of the molecule is CCSc1nc2ccncc2c(C)c1C(=O)NCc1cccc(F)c1. The van der Waals surface area contributed by atoms with Gasteiger partial charge in [-0.25, -0.2) is 9.37 Å². The van der Waals surface area contributed by atoms with E-state index in [1.165, 1.54) is 23.9 Å². The summed E-state index contributed by atoms with van der Waals surface area (Å²) in [6.07, 6.45) is 3.42. The molecule has 0 radical (unpaired) electrons. The van der Waals surface area contributed by atoms with E-state index in [4.69, 9.17) is 0 Å². The van der Waals surface area contributed by atoms with Gasteiger partial charge in [0.25, 0.3) is 5.91 Å². The number of hydrogen-bond donors (Lipinski definition) is 1. The summed E-state index contributed by atoms with van der Waals surface area (Å²) in [6.45, 7) is 4.19. The van der Waals surface area contributed by atoms with Crippen molar-refractivity contribution in [2.45, 2.75) is 25.4 Å². The largest absolute Gasteiger partial charge is 0.348 e. The van der Waals surface area contributed by atoms with E-state index in [9.17, 15) is 9.18 Å². The first kappa shape index (κ1) is 17.4. The van der Waals surface area contributed by atoms with Crippen molar-refractivity contribution < 1.29 is 9.18 Å². The molecule has 25 heavy (non-hydrogen) atoms. The molecule has 0 fully saturated rings. The Labute approximate surface area is 149 Å². The van der Waals surface area contributed by atoms with E-state index in [1.54, 1.807) is 24.5 Å². The lowest BCUT2D eigenvalue weighted by atomic mass is 10.1. The van der Waals surface area contributed by atoms with Crippen molar-refractivity contribution in [2.24, 2.45) is 0 Å². The highest BCUT2D eigenvalue weighted by molar-refractivity contribution is 7.99. The van der Waals surface area contributed by atoms with Gasteiger partial charge in [-0.2, -0.15) is 0 Å². The van der Waals surface area contributed by atoms with Gasteiger partial charge in [0.05, 0.1) is 11.1 Å². The number of carbonyl (C=O) groups is 1. The van der Waals surface area contributed by atoms with Crippen LogP contribution in [0.25, 0.3) is 10.9 Å². The Morgan fingerprint density at radius 3 is 2.92 bits per heavy atom. The van der Waals surface area contributed by atoms with E-state index >= 15 is 0 Å². The zero-order chi connectivity index (χ0) is 17.8. The predicted molar refractivity (Wildman–Crippen MR) is 98.2 cm³/mol. The molecule has 0 spiro atoms. The lowest BCUT2D eigenvalue weighted by molar-refractivity contribution is 0.0947. The fourth-order valence-corrected chi connectivity index (χ4v) is 3.49. The number of carbonyl (C=O) groups excluding carboxylic acids is 1. The Kier molecular flexibility index (Phi) is 5.28. The molecule has 0 unspecified atom stereocenters. The van der Waals surface area contributed by atoms with Crippen LogP contribution in [-0.4, -0.2) is 21.6 Å². The lowest BCUT2D eigenvalue weighted by Crippen LogP contribution is -2.25. The maximum absolute atomic E-state index is 13.3. The van der Waals surface area contributed by atoms with E-state index < -0.39 is 0 Å². The van der Waals surface area contributed by atoms with Crippen LogP contribution < -0.4 is 5.32 Å². The second-order valence-electron chi connectivity index (χ2n) is 5.56. The fourth-order valence-electron chi connectivity index (χ4n) is 2.66. The maximum Gasteiger partial charge on any atom is 0.254 e. The summed E-state index contributed by atoms with van der Waals surface area (Å²) in [4.78, 5) is 21.5. The Balaban J connectivity index is 1.94. The molecule has 0 bridgehead atoms. The quantitative estimate of drug-likeness (QED) is 0.700. The Bertz CT molecular complexity index is 930. The van der Waals surface area contributed by atoms with E-state index in [0.29, 0.717) is 16.2 Å². The molecule has 0 aliphatic heterocycles. The zero-order valence-electron chi connectivity index (χ0n) is 14.0. The van der Waals surface area contributed by atoms with Gasteiger partial charge in [-0.1, -0.05) is 19.1 Å². The smallest absolute Gasteiger partial charge is 0.254 e. The molecular weight excluding hydrogens is 337 g/mol. The minimum Gasteiger partial charge on any atom is -0.348 e. The van der Waals surface area contributed by atoms with Crippen LogP contribution in [-0.2, 0) is 6.54 Å². The molecule has 6 heteroatoms. The van der Waals surface area contributed by atoms with Gasteiger partial charge in [0.15, 0.2) is 0 Å². The maximum atomic E-state index is 13.3. The van der Waals surface area contributed by atoms with Crippen LogP contribution >= 0.6 is 11.8 Å². The van der Waals surface area contributed by atoms with Crippen molar-refractivity contribution >= 4 is 28.6 Å². The highest BCUT2D eigenvalue weighted by Crippen LogP contribution is 2.28. The third-order valence-electron chi connectivity index (χ3n) is 3.86. The summed E-state index contributed by atoms with van der Waals surface area (Å²) in [5, 5.41) is 4.43. The van der Waals surface area contributed by atoms with Crippen LogP contribution in [0.1, 0.15) is 28.4 Å². The van der Waals surface area contributed by atoms with Gasteiger partial charge >= 0.3 is 0 Å². The summed E-state index contributed by atoms with van der Waals surface area (Å²) in [7, 11) is 0. The van der Waals surface area contributed by atoms with Crippen molar-refractivity contribution in [2.75, 3.05) is 5.75 Å². The van der Waals surface area contributed by atoms with Gasteiger partial charge in [-0.05, 0) is 42.0 Å². The number of fused-ring (bicyclic) bond motifs is 1. The number of rotatable bonds is 5. The minimum absolute atomic E-state index is 0.212. The van der Waals surface area contributed by atoms with Crippen LogP contribution in [0.3, 0.4) is 0 Å². The molecule has 0 atom stereocenters. The van der Waals surface area contributed by atoms with E-state index in [2.05, 4.69) is 15.3 Å². The number of hydrogen-bond acceptors (Lipinski definition) is 4. The minimum atomic E-state index is -0.316. The second kappa shape index (κ2) is 7.61. The number of halogens is 1. The summed E-state index contributed by atoms with van der Waals surface area (Å²) in [6, 6.07) is 8.05.